The number of hydrogen-bond acceptors (Lipinski definition) is 6. The largest absolute Gasteiger partial charge is 0.493 e. The number of anilines is 2. The zero-order valence-electron chi connectivity index (χ0n) is 26.0. The molecule has 0 bridgehead atoms. The van der Waals surface area contributed by atoms with Gasteiger partial charge in [0.2, 0.25) is 5.91 Å². The molecule has 250 valence electrons. The number of benzene rings is 4. The van der Waals surface area contributed by atoms with Gasteiger partial charge in [0.05, 0.1) is 35.7 Å². The van der Waals surface area contributed by atoms with E-state index in [1.54, 1.807) is 79.7 Å². The van der Waals surface area contributed by atoms with E-state index in [0.717, 1.165) is 30.0 Å². The molecule has 3 amide bonds. The van der Waals surface area contributed by atoms with Crippen LogP contribution in [0, 0.1) is 0 Å². The van der Waals surface area contributed by atoms with Gasteiger partial charge in [0, 0.05) is 16.1 Å². The summed E-state index contributed by atoms with van der Waals surface area (Å²) in [6.45, 7) is 1.76. The molecule has 4 aromatic carbocycles. The third kappa shape index (κ3) is 9.55. The summed E-state index contributed by atoms with van der Waals surface area (Å²) in [5.74, 6) is -0.753. The van der Waals surface area contributed by atoms with Gasteiger partial charge in [0.25, 0.3) is 11.8 Å². The lowest BCUT2D eigenvalue weighted by molar-refractivity contribution is -0.137. The average molecular weight is 698 g/mol. The summed E-state index contributed by atoms with van der Waals surface area (Å²) in [6, 6.07) is 22.8. The van der Waals surface area contributed by atoms with Crippen molar-refractivity contribution in [2.24, 2.45) is 0 Å². The van der Waals surface area contributed by atoms with Crippen LogP contribution in [-0.2, 0) is 15.8 Å². The maximum Gasteiger partial charge on any atom is 0.416 e. The molecule has 0 aromatic heterocycles. The summed E-state index contributed by atoms with van der Waals surface area (Å²) >= 11 is 7.23. The van der Waals surface area contributed by atoms with E-state index in [4.69, 9.17) is 21.1 Å². The SMILES string of the molecule is CCC(Sc1cccc(NC(=O)/C(=C\c2ccc(OC)c(OC)c2)NC(=O)c2ccccc2)c1)C(=O)Nc1cc(C(F)(F)F)ccc1Cl. The number of alkyl halides is 3. The third-order valence-electron chi connectivity index (χ3n) is 6.83. The fraction of sp³-hybridized carbons (Fsp3) is 0.171. The Labute approximate surface area is 284 Å². The van der Waals surface area contributed by atoms with Gasteiger partial charge in [-0.2, -0.15) is 13.2 Å². The highest BCUT2D eigenvalue weighted by atomic mass is 35.5. The number of ether oxygens (including phenoxy) is 2. The van der Waals surface area contributed by atoms with Crippen LogP contribution >= 0.6 is 23.4 Å². The van der Waals surface area contributed by atoms with E-state index in [2.05, 4.69) is 16.0 Å². The van der Waals surface area contributed by atoms with Crippen molar-refractivity contribution >= 4 is 58.5 Å². The minimum absolute atomic E-state index is 0.0304. The molecular weight excluding hydrogens is 667 g/mol. The Morgan fingerprint density at radius 1 is 0.875 bits per heavy atom. The van der Waals surface area contributed by atoms with Gasteiger partial charge < -0.3 is 25.4 Å². The van der Waals surface area contributed by atoms with Gasteiger partial charge in [-0.25, -0.2) is 0 Å². The predicted octanol–water partition coefficient (Wildman–Crippen LogP) is 8.30. The topological polar surface area (TPSA) is 106 Å². The number of halogens is 4. The molecule has 4 rings (SSSR count). The summed E-state index contributed by atoms with van der Waals surface area (Å²) in [7, 11) is 2.98. The van der Waals surface area contributed by atoms with E-state index in [0.29, 0.717) is 39.6 Å². The molecule has 0 aliphatic heterocycles. The Morgan fingerprint density at radius 2 is 1.60 bits per heavy atom. The second-order valence-corrected chi connectivity index (χ2v) is 11.9. The lowest BCUT2D eigenvalue weighted by Crippen LogP contribution is -2.30. The highest BCUT2D eigenvalue weighted by molar-refractivity contribution is 8.00. The summed E-state index contributed by atoms with van der Waals surface area (Å²) in [6.07, 6.45) is -2.77. The molecule has 1 unspecified atom stereocenters. The molecule has 13 heteroatoms. The van der Waals surface area contributed by atoms with Crippen LogP contribution in [0.4, 0.5) is 24.5 Å². The van der Waals surface area contributed by atoms with Crippen molar-refractivity contribution in [2.45, 2.75) is 29.7 Å². The molecule has 1 atom stereocenters. The summed E-state index contributed by atoms with van der Waals surface area (Å²) in [5.41, 5.74) is 0.116. The van der Waals surface area contributed by atoms with Crippen LogP contribution < -0.4 is 25.4 Å². The van der Waals surface area contributed by atoms with Gasteiger partial charge in [-0.05, 0) is 78.7 Å². The smallest absolute Gasteiger partial charge is 0.416 e. The monoisotopic (exact) mass is 697 g/mol. The first-order chi connectivity index (χ1) is 22.9. The minimum Gasteiger partial charge on any atom is -0.493 e. The molecule has 0 spiro atoms. The molecule has 0 saturated carbocycles. The van der Waals surface area contributed by atoms with Crippen molar-refractivity contribution in [1.82, 2.24) is 5.32 Å². The number of thioether (sulfide) groups is 1. The summed E-state index contributed by atoms with van der Waals surface area (Å²) < 4.78 is 50.3. The molecule has 0 heterocycles. The van der Waals surface area contributed by atoms with Crippen molar-refractivity contribution in [1.29, 1.82) is 0 Å². The molecule has 3 N–H and O–H groups in total. The van der Waals surface area contributed by atoms with Crippen molar-refractivity contribution in [3.63, 3.8) is 0 Å². The van der Waals surface area contributed by atoms with Crippen molar-refractivity contribution in [2.75, 3.05) is 24.9 Å². The second-order valence-electron chi connectivity index (χ2n) is 10.2. The zero-order valence-corrected chi connectivity index (χ0v) is 27.6. The van der Waals surface area contributed by atoms with Gasteiger partial charge >= 0.3 is 6.18 Å². The number of amides is 3. The van der Waals surface area contributed by atoms with Gasteiger partial charge in [-0.1, -0.05) is 48.9 Å². The van der Waals surface area contributed by atoms with Gasteiger partial charge in [-0.3, -0.25) is 14.4 Å². The second kappa shape index (κ2) is 16.2. The summed E-state index contributed by atoms with van der Waals surface area (Å²) in [5, 5.41) is 7.23. The standard InChI is InChI=1S/C35H31ClF3N3O5S/c1-4-31(34(45)41-27-19-23(35(37,38)39)14-15-26(27)36)48-25-12-8-11-24(20-25)40-33(44)28(42-32(43)22-9-6-5-7-10-22)17-21-13-16-29(46-2)30(18-21)47-3/h5-20,31H,4H2,1-3H3,(H,40,44)(H,41,45)(H,42,43)/b28-17+. The Hall–Kier alpha value is -4.94. The first-order valence-electron chi connectivity index (χ1n) is 14.5. The molecule has 8 nitrogen and oxygen atoms in total. The Kier molecular flexibility index (Phi) is 12.2. The number of nitrogens with one attached hydrogen (secondary N) is 3. The molecule has 0 fully saturated rings. The van der Waals surface area contributed by atoms with Crippen LogP contribution in [0.1, 0.15) is 34.8 Å². The fourth-order valence-corrected chi connectivity index (χ4v) is 5.57. The fourth-order valence-electron chi connectivity index (χ4n) is 4.39. The Balaban J connectivity index is 1.54. The maximum atomic E-state index is 13.6. The zero-order chi connectivity index (χ0) is 34.8. The lowest BCUT2D eigenvalue weighted by Gasteiger charge is -2.17. The Bertz CT molecular complexity index is 1820. The van der Waals surface area contributed by atoms with E-state index < -0.39 is 34.7 Å². The predicted molar refractivity (Wildman–Crippen MR) is 182 cm³/mol. The molecule has 48 heavy (non-hydrogen) atoms. The minimum atomic E-state index is -4.60. The maximum absolute atomic E-state index is 13.6. The molecule has 0 saturated heterocycles. The number of rotatable bonds is 12. The molecule has 0 aliphatic carbocycles. The number of methoxy groups -OCH3 is 2. The van der Waals surface area contributed by atoms with Gasteiger partial charge in [0.1, 0.15) is 5.70 Å². The van der Waals surface area contributed by atoms with Crippen molar-refractivity contribution in [3.05, 3.63) is 118 Å². The number of hydrogen-bond donors (Lipinski definition) is 3. The van der Waals surface area contributed by atoms with Gasteiger partial charge in [0.15, 0.2) is 11.5 Å². The van der Waals surface area contributed by atoms with Crippen LogP contribution in [-0.4, -0.2) is 37.2 Å². The quantitative estimate of drug-likeness (QED) is 0.102. The van der Waals surface area contributed by atoms with Crippen LogP contribution in [0.3, 0.4) is 0 Å². The first kappa shape index (κ1) is 35.9. The van der Waals surface area contributed by atoms with Crippen molar-refractivity contribution < 1.29 is 37.0 Å². The number of carbonyl (C=O) groups excluding carboxylic acids is 3. The normalized spacial score (nSPS) is 12.1. The molecular formula is C35H31ClF3N3O5S. The highest BCUT2D eigenvalue weighted by Gasteiger charge is 2.31. The lowest BCUT2D eigenvalue weighted by atomic mass is 10.1. The molecule has 0 aliphatic rings. The average Bonchev–Trinajstić information content (AvgIpc) is 3.07. The van der Waals surface area contributed by atoms with E-state index >= 15 is 0 Å². The van der Waals surface area contributed by atoms with E-state index in [1.807, 2.05) is 0 Å². The van der Waals surface area contributed by atoms with E-state index in [9.17, 15) is 27.6 Å². The summed E-state index contributed by atoms with van der Waals surface area (Å²) in [4.78, 5) is 40.3. The number of carbonyl (C=O) groups is 3. The Morgan fingerprint density at radius 3 is 2.27 bits per heavy atom. The van der Waals surface area contributed by atoms with Gasteiger partial charge in [-0.15, -0.1) is 11.8 Å². The highest BCUT2D eigenvalue weighted by Crippen LogP contribution is 2.35. The molecule has 4 aromatic rings. The van der Waals surface area contributed by atoms with Crippen LogP contribution in [0.5, 0.6) is 11.5 Å². The first-order valence-corrected chi connectivity index (χ1v) is 15.7. The van der Waals surface area contributed by atoms with E-state index in [-0.39, 0.29) is 16.4 Å². The van der Waals surface area contributed by atoms with E-state index in [1.165, 1.54) is 20.3 Å². The van der Waals surface area contributed by atoms with Crippen molar-refractivity contribution in [3.8, 4) is 11.5 Å². The van der Waals surface area contributed by atoms with Crippen LogP contribution in [0.2, 0.25) is 5.02 Å². The third-order valence-corrected chi connectivity index (χ3v) is 8.52. The van der Waals surface area contributed by atoms with Crippen LogP contribution in [0.15, 0.2) is 102 Å². The van der Waals surface area contributed by atoms with Crippen LogP contribution in [0.25, 0.3) is 6.08 Å². The molecule has 0 radical (unpaired) electrons.